The van der Waals surface area contributed by atoms with Crippen LogP contribution in [0.5, 0.6) is 0 Å². The summed E-state index contributed by atoms with van der Waals surface area (Å²) in [5.74, 6) is 1.72. The fourth-order valence-electron chi connectivity index (χ4n) is 1.76. The third kappa shape index (κ3) is 5.03. The van der Waals surface area contributed by atoms with Gasteiger partial charge in [0.2, 0.25) is 0 Å². The van der Waals surface area contributed by atoms with Crippen molar-refractivity contribution in [3.05, 3.63) is 35.4 Å². The van der Waals surface area contributed by atoms with Gasteiger partial charge in [-0.3, -0.25) is 0 Å². The second-order valence-corrected chi connectivity index (χ2v) is 6.79. The van der Waals surface area contributed by atoms with Gasteiger partial charge in [-0.1, -0.05) is 58.4 Å². The van der Waals surface area contributed by atoms with E-state index in [0.29, 0.717) is 11.2 Å². The Morgan fingerprint density at radius 1 is 1.11 bits per heavy atom. The molecule has 0 saturated heterocycles. The first-order valence-corrected chi connectivity index (χ1v) is 8.05. The summed E-state index contributed by atoms with van der Waals surface area (Å²) in [4.78, 5) is 0. The van der Waals surface area contributed by atoms with Gasteiger partial charge in [0.05, 0.1) is 0 Å². The molecule has 0 saturated carbocycles. The molecule has 2 atom stereocenters. The van der Waals surface area contributed by atoms with E-state index in [2.05, 4.69) is 52.0 Å². The van der Waals surface area contributed by atoms with Crippen molar-refractivity contribution < 1.29 is 0 Å². The monoisotopic (exact) mass is 265 g/mol. The molecule has 0 aliphatic heterocycles. The van der Waals surface area contributed by atoms with Gasteiger partial charge in [0, 0.05) is 17.0 Å². The number of benzene rings is 1. The Labute approximate surface area is 117 Å². The van der Waals surface area contributed by atoms with Gasteiger partial charge in [-0.2, -0.15) is 11.8 Å². The predicted octanol–water partition coefficient (Wildman–Crippen LogP) is 4.42. The van der Waals surface area contributed by atoms with Crippen LogP contribution in [0, 0.1) is 5.92 Å². The molecule has 0 amide bonds. The van der Waals surface area contributed by atoms with Gasteiger partial charge in [0.15, 0.2) is 0 Å². The van der Waals surface area contributed by atoms with Crippen molar-refractivity contribution in [3.8, 4) is 0 Å². The van der Waals surface area contributed by atoms with Crippen LogP contribution in [0.4, 0.5) is 0 Å². The van der Waals surface area contributed by atoms with Crippen molar-refractivity contribution in [2.45, 2.75) is 51.8 Å². The molecule has 1 rings (SSSR count). The third-order valence-electron chi connectivity index (χ3n) is 3.42. The van der Waals surface area contributed by atoms with Gasteiger partial charge in [-0.25, -0.2) is 0 Å². The Bertz CT molecular complexity index is 331. The van der Waals surface area contributed by atoms with Gasteiger partial charge in [-0.15, -0.1) is 0 Å². The number of nitrogens with two attached hydrogens (primary N) is 1. The quantitative estimate of drug-likeness (QED) is 0.790. The summed E-state index contributed by atoms with van der Waals surface area (Å²) in [5, 5.41) is 0.676. The topological polar surface area (TPSA) is 26.0 Å². The molecule has 2 N–H and O–H groups in total. The van der Waals surface area contributed by atoms with Crippen LogP contribution in [0.2, 0.25) is 0 Å². The van der Waals surface area contributed by atoms with Crippen LogP contribution in [0.25, 0.3) is 0 Å². The number of rotatable bonds is 7. The van der Waals surface area contributed by atoms with Crippen LogP contribution in [-0.2, 0) is 6.42 Å². The Morgan fingerprint density at radius 2 is 1.72 bits per heavy atom. The SMILES string of the molecule is CCCc1ccc(C(N)CSC(C)C(C)C)cc1. The first-order valence-electron chi connectivity index (χ1n) is 7.00. The van der Waals surface area contributed by atoms with Crippen molar-refractivity contribution in [2.24, 2.45) is 11.7 Å². The van der Waals surface area contributed by atoms with Crippen LogP contribution in [0.1, 0.15) is 51.3 Å². The maximum Gasteiger partial charge on any atom is 0.0386 e. The van der Waals surface area contributed by atoms with Crippen molar-refractivity contribution in [2.75, 3.05) is 5.75 Å². The zero-order chi connectivity index (χ0) is 13.5. The Balaban J connectivity index is 2.48. The first kappa shape index (κ1) is 15.6. The van der Waals surface area contributed by atoms with E-state index >= 15 is 0 Å². The van der Waals surface area contributed by atoms with Gasteiger partial charge in [0.25, 0.3) is 0 Å². The zero-order valence-electron chi connectivity index (χ0n) is 12.1. The zero-order valence-corrected chi connectivity index (χ0v) is 13.0. The molecule has 18 heavy (non-hydrogen) atoms. The normalized spacial score (nSPS) is 14.8. The van der Waals surface area contributed by atoms with Gasteiger partial charge in [0.1, 0.15) is 0 Å². The summed E-state index contributed by atoms with van der Waals surface area (Å²) in [6, 6.07) is 8.98. The molecular weight excluding hydrogens is 238 g/mol. The fourth-order valence-corrected chi connectivity index (χ4v) is 2.85. The van der Waals surface area contributed by atoms with Crippen LogP contribution < -0.4 is 5.73 Å². The van der Waals surface area contributed by atoms with E-state index in [1.165, 1.54) is 17.5 Å². The van der Waals surface area contributed by atoms with E-state index in [9.17, 15) is 0 Å². The number of hydrogen-bond acceptors (Lipinski definition) is 2. The van der Waals surface area contributed by atoms with Crippen molar-refractivity contribution in [3.63, 3.8) is 0 Å². The molecule has 1 aromatic carbocycles. The highest BCUT2D eigenvalue weighted by Crippen LogP contribution is 2.24. The highest BCUT2D eigenvalue weighted by Gasteiger charge is 2.11. The molecular formula is C16H27NS. The van der Waals surface area contributed by atoms with E-state index < -0.39 is 0 Å². The Kier molecular flexibility index (Phi) is 6.80. The molecule has 0 aliphatic rings. The van der Waals surface area contributed by atoms with Crippen molar-refractivity contribution in [1.29, 1.82) is 0 Å². The Hall–Kier alpha value is -0.470. The summed E-state index contributed by atoms with van der Waals surface area (Å²) in [6.07, 6.45) is 2.36. The molecule has 2 heteroatoms. The number of hydrogen-bond donors (Lipinski definition) is 1. The van der Waals surface area contributed by atoms with Crippen LogP contribution in [-0.4, -0.2) is 11.0 Å². The minimum Gasteiger partial charge on any atom is -0.323 e. The molecule has 102 valence electrons. The standard InChI is InChI=1S/C16H27NS/c1-5-6-14-7-9-15(10-8-14)16(17)11-18-13(4)12(2)3/h7-10,12-13,16H,5-6,11,17H2,1-4H3. The van der Waals surface area contributed by atoms with Crippen LogP contribution >= 0.6 is 11.8 Å². The molecule has 0 radical (unpaired) electrons. The van der Waals surface area contributed by atoms with Crippen molar-refractivity contribution >= 4 is 11.8 Å². The van der Waals surface area contributed by atoms with E-state index in [4.69, 9.17) is 5.73 Å². The van der Waals surface area contributed by atoms with Crippen LogP contribution in [0.3, 0.4) is 0 Å². The summed E-state index contributed by atoms with van der Waals surface area (Å²) < 4.78 is 0. The molecule has 0 aliphatic carbocycles. The van der Waals surface area contributed by atoms with E-state index in [1.807, 2.05) is 11.8 Å². The van der Waals surface area contributed by atoms with E-state index in [-0.39, 0.29) is 6.04 Å². The minimum absolute atomic E-state index is 0.159. The summed E-state index contributed by atoms with van der Waals surface area (Å²) >= 11 is 1.98. The second-order valence-electron chi connectivity index (χ2n) is 5.38. The second kappa shape index (κ2) is 7.85. The molecule has 0 aromatic heterocycles. The molecule has 0 bridgehead atoms. The largest absolute Gasteiger partial charge is 0.323 e. The molecule has 0 fully saturated rings. The average molecular weight is 265 g/mol. The lowest BCUT2D eigenvalue weighted by atomic mass is 10.0. The van der Waals surface area contributed by atoms with Crippen LogP contribution in [0.15, 0.2) is 24.3 Å². The number of aryl methyl sites for hydroxylation is 1. The average Bonchev–Trinajstić information content (AvgIpc) is 2.36. The summed E-state index contributed by atoms with van der Waals surface area (Å²) in [6.45, 7) is 9.03. The molecule has 1 nitrogen and oxygen atoms in total. The maximum absolute atomic E-state index is 6.25. The summed E-state index contributed by atoms with van der Waals surface area (Å²) in [5.41, 5.74) is 8.92. The van der Waals surface area contributed by atoms with Crippen molar-refractivity contribution in [1.82, 2.24) is 0 Å². The first-order chi connectivity index (χ1) is 8.54. The van der Waals surface area contributed by atoms with E-state index in [0.717, 1.165) is 12.2 Å². The fraction of sp³-hybridized carbons (Fsp3) is 0.625. The molecule has 0 heterocycles. The maximum atomic E-state index is 6.25. The molecule has 2 unspecified atom stereocenters. The van der Waals surface area contributed by atoms with Gasteiger partial charge < -0.3 is 5.73 Å². The van der Waals surface area contributed by atoms with Gasteiger partial charge in [-0.05, 0) is 23.5 Å². The lowest BCUT2D eigenvalue weighted by Gasteiger charge is -2.18. The number of thioether (sulfide) groups is 1. The summed E-state index contributed by atoms with van der Waals surface area (Å²) in [7, 11) is 0. The predicted molar refractivity (Wildman–Crippen MR) is 84.1 cm³/mol. The van der Waals surface area contributed by atoms with Gasteiger partial charge >= 0.3 is 0 Å². The highest BCUT2D eigenvalue weighted by molar-refractivity contribution is 7.99. The minimum atomic E-state index is 0.159. The lowest BCUT2D eigenvalue weighted by molar-refractivity contribution is 0.640. The third-order valence-corrected chi connectivity index (χ3v) is 5.05. The van der Waals surface area contributed by atoms with E-state index in [1.54, 1.807) is 0 Å². The molecule has 0 spiro atoms. The smallest absolute Gasteiger partial charge is 0.0386 e. The Morgan fingerprint density at radius 3 is 2.22 bits per heavy atom. The lowest BCUT2D eigenvalue weighted by Crippen LogP contribution is -2.16. The molecule has 1 aromatic rings. The highest BCUT2D eigenvalue weighted by atomic mass is 32.2.